The lowest BCUT2D eigenvalue weighted by molar-refractivity contribution is -0.138. The van der Waals surface area contributed by atoms with Crippen molar-refractivity contribution in [2.75, 3.05) is 13.2 Å². The van der Waals surface area contributed by atoms with Crippen molar-refractivity contribution in [3.63, 3.8) is 0 Å². The minimum atomic E-state index is -1.09. The average Bonchev–Trinajstić information content (AvgIpc) is 2.41. The highest BCUT2D eigenvalue weighted by Crippen LogP contribution is 2.29. The van der Waals surface area contributed by atoms with Crippen LogP contribution in [0.1, 0.15) is 24.4 Å². The van der Waals surface area contributed by atoms with E-state index in [1.165, 1.54) is 6.07 Å². The zero-order valence-electron chi connectivity index (χ0n) is 10.3. The fourth-order valence-corrected chi connectivity index (χ4v) is 2.17. The molecule has 1 aromatic carbocycles. The number of aliphatic carboxylic acids is 1. The van der Waals surface area contributed by atoms with E-state index in [2.05, 4.69) is 0 Å². The maximum absolute atomic E-state index is 10.8. The van der Waals surface area contributed by atoms with E-state index in [9.17, 15) is 4.79 Å². The molecule has 1 aliphatic heterocycles. The van der Waals surface area contributed by atoms with Crippen molar-refractivity contribution in [1.29, 1.82) is 0 Å². The summed E-state index contributed by atoms with van der Waals surface area (Å²) in [5.41, 5.74) is 5.97. The van der Waals surface area contributed by atoms with Gasteiger partial charge in [-0.25, -0.2) is 0 Å². The number of rotatable bonds is 4. The molecule has 3 N–H and O–H groups in total. The molecule has 2 rings (SSSR count). The summed E-state index contributed by atoms with van der Waals surface area (Å²) < 4.78 is 11.1. The van der Waals surface area contributed by atoms with Crippen LogP contribution < -0.4 is 10.5 Å². The Hall–Kier alpha value is -1.30. The molecule has 0 aromatic heterocycles. The maximum atomic E-state index is 10.8. The molecule has 1 aromatic rings. The maximum Gasteiger partial charge on any atom is 0.325 e. The summed E-state index contributed by atoms with van der Waals surface area (Å²) in [7, 11) is 0. The van der Waals surface area contributed by atoms with Gasteiger partial charge in [-0.2, -0.15) is 0 Å². The Morgan fingerprint density at radius 2 is 2.37 bits per heavy atom. The third-order valence-corrected chi connectivity index (χ3v) is 3.29. The van der Waals surface area contributed by atoms with Gasteiger partial charge in [0.1, 0.15) is 17.9 Å². The molecule has 1 heterocycles. The van der Waals surface area contributed by atoms with Gasteiger partial charge in [-0.3, -0.25) is 4.79 Å². The van der Waals surface area contributed by atoms with E-state index in [0.29, 0.717) is 22.9 Å². The Kier molecular flexibility index (Phi) is 4.63. The molecule has 2 unspecified atom stereocenters. The number of ether oxygens (including phenoxy) is 2. The minimum absolute atomic E-state index is 0.00903. The lowest BCUT2D eigenvalue weighted by atomic mass is 10.1. The van der Waals surface area contributed by atoms with E-state index >= 15 is 0 Å². The van der Waals surface area contributed by atoms with Crippen LogP contribution in [0.4, 0.5) is 0 Å². The summed E-state index contributed by atoms with van der Waals surface area (Å²) >= 11 is 6.08. The molecule has 0 spiro atoms. The highest BCUT2D eigenvalue weighted by atomic mass is 35.5. The largest absolute Gasteiger partial charge is 0.486 e. The molecule has 5 nitrogen and oxygen atoms in total. The van der Waals surface area contributed by atoms with Crippen LogP contribution in [0.5, 0.6) is 5.75 Å². The quantitative estimate of drug-likeness (QED) is 0.884. The van der Waals surface area contributed by atoms with E-state index in [4.69, 9.17) is 31.9 Å². The predicted octanol–water partition coefficient (Wildman–Crippen LogP) is 1.98. The van der Waals surface area contributed by atoms with E-state index in [1.807, 2.05) is 0 Å². The number of hydrogen-bond donors (Lipinski definition) is 2. The molecule has 0 amide bonds. The first-order valence-corrected chi connectivity index (χ1v) is 6.48. The number of nitrogens with two attached hydrogens (primary N) is 1. The van der Waals surface area contributed by atoms with E-state index < -0.39 is 12.0 Å². The van der Waals surface area contributed by atoms with Crippen LogP contribution in [-0.2, 0) is 9.53 Å². The highest BCUT2D eigenvalue weighted by molar-refractivity contribution is 6.32. The third kappa shape index (κ3) is 3.59. The number of halogens is 1. The van der Waals surface area contributed by atoms with Crippen molar-refractivity contribution >= 4 is 17.6 Å². The van der Waals surface area contributed by atoms with Gasteiger partial charge >= 0.3 is 5.97 Å². The van der Waals surface area contributed by atoms with Gasteiger partial charge in [0.2, 0.25) is 0 Å². The SMILES string of the molecule is NC(C(=O)O)c1ccc(OC2CCCOC2)c(Cl)c1. The summed E-state index contributed by atoms with van der Waals surface area (Å²) in [5, 5.41) is 9.20. The molecule has 1 fully saturated rings. The van der Waals surface area contributed by atoms with Crippen LogP contribution in [0.25, 0.3) is 0 Å². The van der Waals surface area contributed by atoms with Crippen LogP contribution >= 0.6 is 11.6 Å². The van der Waals surface area contributed by atoms with Crippen LogP contribution in [0.3, 0.4) is 0 Å². The van der Waals surface area contributed by atoms with E-state index in [1.54, 1.807) is 12.1 Å². The lowest BCUT2D eigenvalue weighted by Crippen LogP contribution is -2.28. The molecule has 0 bridgehead atoms. The van der Waals surface area contributed by atoms with Gasteiger partial charge in [0.05, 0.1) is 11.6 Å². The van der Waals surface area contributed by atoms with Gasteiger partial charge in [0, 0.05) is 6.61 Å². The molecule has 6 heteroatoms. The number of benzene rings is 1. The summed E-state index contributed by atoms with van der Waals surface area (Å²) in [6, 6.07) is 3.71. The van der Waals surface area contributed by atoms with Crippen LogP contribution in [0, 0.1) is 0 Å². The Morgan fingerprint density at radius 1 is 1.58 bits per heavy atom. The summed E-state index contributed by atoms with van der Waals surface area (Å²) in [6.07, 6.45) is 1.88. The third-order valence-electron chi connectivity index (χ3n) is 2.99. The summed E-state index contributed by atoms with van der Waals surface area (Å²) in [4.78, 5) is 10.8. The average molecular weight is 286 g/mol. The molecule has 1 aliphatic rings. The first-order chi connectivity index (χ1) is 9.08. The number of carboxylic acid groups (broad SMARTS) is 1. The van der Waals surface area contributed by atoms with Gasteiger partial charge < -0.3 is 20.3 Å². The highest BCUT2D eigenvalue weighted by Gasteiger charge is 2.19. The molecular formula is C13H16ClNO4. The second-order valence-corrected chi connectivity index (χ2v) is 4.87. The second kappa shape index (κ2) is 6.23. The standard InChI is InChI=1S/C13H16ClNO4/c14-10-6-8(12(15)13(16)17)3-4-11(10)19-9-2-1-5-18-7-9/h3-4,6,9,12H,1-2,5,7,15H2,(H,16,17). The van der Waals surface area contributed by atoms with Crippen molar-refractivity contribution in [1.82, 2.24) is 0 Å². The molecule has 0 saturated carbocycles. The van der Waals surface area contributed by atoms with Gasteiger partial charge in [0.25, 0.3) is 0 Å². The smallest absolute Gasteiger partial charge is 0.325 e. The molecule has 19 heavy (non-hydrogen) atoms. The Balaban J connectivity index is 2.08. The molecule has 0 aliphatic carbocycles. The molecular weight excluding hydrogens is 270 g/mol. The fourth-order valence-electron chi connectivity index (χ4n) is 1.93. The zero-order valence-corrected chi connectivity index (χ0v) is 11.1. The Bertz CT molecular complexity index is 460. The number of carboxylic acids is 1. The van der Waals surface area contributed by atoms with Gasteiger partial charge in [-0.05, 0) is 30.5 Å². The zero-order chi connectivity index (χ0) is 13.8. The lowest BCUT2D eigenvalue weighted by Gasteiger charge is -2.24. The summed E-state index contributed by atoms with van der Waals surface area (Å²) in [5.74, 6) is -0.566. The van der Waals surface area contributed by atoms with Crippen molar-refractivity contribution < 1.29 is 19.4 Å². The minimum Gasteiger partial charge on any atom is -0.486 e. The topological polar surface area (TPSA) is 81.8 Å². The molecule has 0 radical (unpaired) electrons. The van der Waals surface area contributed by atoms with Crippen LogP contribution in [0.2, 0.25) is 5.02 Å². The monoisotopic (exact) mass is 285 g/mol. The van der Waals surface area contributed by atoms with Gasteiger partial charge in [-0.1, -0.05) is 17.7 Å². The normalized spacial score (nSPS) is 20.8. The predicted molar refractivity (Wildman–Crippen MR) is 70.5 cm³/mol. The molecule has 2 atom stereocenters. The number of hydrogen-bond acceptors (Lipinski definition) is 4. The van der Waals surface area contributed by atoms with E-state index in [-0.39, 0.29) is 6.10 Å². The Labute approximate surface area is 116 Å². The van der Waals surface area contributed by atoms with Gasteiger partial charge in [-0.15, -0.1) is 0 Å². The number of carbonyl (C=O) groups is 1. The van der Waals surface area contributed by atoms with Gasteiger partial charge in [0.15, 0.2) is 0 Å². The van der Waals surface area contributed by atoms with Crippen molar-refractivity contribution in [2.24, 2.45) is 5.73 Å². The van der Waals surface area contributed by atoms with Crippen molar-refractivity contribution in [3.05, 3.63) is 28.8 Å². The van der Waals surface area contributed by atoms with Crippen LogP contribution in [0.15, 0.2) is 18.2 Å². The molecule has 1 saturated heterocycles. The van der Waals surface area contributed by atoms with E-state index in [0.717, 1.165) is 19.4 Å². The first kappa shape index (κ1) is 14.1. The second-order valence-electron chi connectivity index (χ2n) is 4.46. The Morgan fingerprint density at radius 3 is 2.95 bits per heavy atom. The first-order valence-electron chi connectivity index (χ1n) is 6.10. The fraction of sp³-hybridized carbons (Fsp3) is 0.462. The van der Waals surface area contributed by atoms with Crippen molar-refractivity contribution in [2.45, 2.75) is 25.0 Å². The van der Waals surface area contributed by atoms with Crippen LogP contribution in [-0.4, -0.2) is 30.4 Å². The van der Waals surface area contributed by atoms with Crippen molar-refractivity contribution in [3.8, 4) is 5.75 Å². The summed E-state index contributed by atoms with van der Waals surface area (Å²) in [6.45, 7) is 1.31. The molecule has 104 valence electrons.